The van der Waals surface area contributed by atoms with Crippen LogP contribution in [0.3, 0.4) is 0 Å². The molecule has 69 heavy (non-hydrogen) atoms. The second-order valence-corrected chi connectivity index (χ2v) is 21.7. The number of allylic oxidation sites excluding steroid dienone is 13. The zero-order valence-electron chi connectivity index (χ0n) is 45.5. The van der Waals surface area contributed by atoms with Gasteiger partial charge in [-0.2, -0.15) is 0 Å². The first-order valence-electron chi connectivity index (χ1n) is 28.4. The molecule has 0 saturated carbocycles. The zero-order valence-corrected chi connectivity index (χ0v) is 46.4. The average Bonchev–Trinajstić information content (AvgIpc) is 3.31. The Kier molecular flexibility index (Phi) is 48.9. The molecule has 0 rings (SSSR count). The van der Waals surface area contributed by atoms with Gasteiger partial charge in [-0.05, 0) is 77.0 Å². The summed E-state index contributed by atoms with van der Waals surface area (Å²) in [6.07, 6.45) is 71.2. The summed E-state index contributed by atoms with van der Waals surface area (Å²) in [5, 5.41) is 13.8. The molecule has 0 heterocycles. The van der Waals surface area contributed by atoms with Crippen molar-refractivity contribution in [2.24, 2.45) is 0 Å². The first-order chi connectivity index (χ1) is 33.5. The Morgan fingerprint density at radius 3 is 1.35 bits per heavy atom. The third kappa shape index (κ3) is 53.3. The highest BCUT2D eigenvalue weighted by Crippen LogP contribution is 2.38. The molecule has 0 aromatic heterocycles. The highest BCUT2D eigenvalue weighted by molar-refractivity contribution is 7.45. The molecule has 0 radical (unpaired) electrons. The number of rotatable bonds is 51. The molecule has 2 N–H and O–H groups in total. The quantitative estimate of drug-likeness (QED) is 0.0272. The van der Waals surface area contributed by atoms with E-state index in [4.69, 9.17) is 9.05 Å². The Bertz CT molecular complexity index is 1400. The number of quaternary nitrogens is 1. The molecular weight excluding hydrogens is 876 g/mol. The molecule has 0 aromatic rings. The first kappa shape index (κ1) is 66.7. The van der Waals surface area contributed by atoms with Crippen LogP contribution in [-0.4, -0.2) is 68.5 Å². The zero-order chi connectivity index (χ0) is 50.6. The second-order valence-electron chi connectivity index (χ2n) is 20.3. The fourth-order valence-electron chi connectivity index (χ4n) is 7.90. The number of nitrogens with zero attached hydrogens (tertiary/aromatic N) is 1. The number of unbranched alkanes of at least 4 members (excludes halogenated alkanes) is 26. The standard InChI is InChI=1S/C60H109N2O6P/c1-6-8-10-12-14-16-18-19-20-21-22-23-24-25-26-27-28-29-30-31-32-33-34-35-36-37-38-39-40-41-42-43-44-46-48-50-52-54-60(64)61-58(57-68-69(65,66)67-56-55-62(3,4)5)59(63)53-51-49-47-45-17-15-13-11-9-7-2/h8,10,14,16-17,19-20,22-23,25-26,45,51,53,58-59,63H,6-7,9,11-13,15,18,21,24,27-44,46-50,52,54-57H2,1-5H3,(H-,61,64,65,66)/b10-8-,16-14-,20-19-,23-22-,26-25-,45-17+,53-51+. The van der Waals surface area contributed by atoms with Crippen LogP contribution in [0, 0.1) is 0 Å². The maximum atomic E-state index is 12.9. The van der Waals surface area contributed by atoms with Crippen molar-refractivity contribution in [3.05, 3.63) is 85.1 Å². The van der Waals surface area contributed by atoms with Crippen molar-refractivity contribution in [2.75, 3.05) is 40.9 Å². The van der Waals surface area contributed by atoms with Gasteiger partial charge in [0.05, 0.1) is 39.9 Å². The van der Waals surface area contributed by atoms with Gasteiger partial charge in [0.15, 0.2) is 0 Å². The molecule has 0 aliphatic rings. The van der Waals surface area contributed by atoms with Gasteiger partial charge in [0, 0.05) is 6.42 Å². The van der Waals surface area contributed by atoms with Crippen LogP contribution in [0.25, 0.3) is 0 Å². The Morgan fingerprint density at radius 1 is 0.522 bits per heavy atom. The molecular formula is C60H109N2O6P. The van der Waals surface area contributed by atoms with Gasteiger partial charge in [-0.1, -0.05) is 240 Å². The predicted molar refractivity (Wildman–Crippen MR) is 297 cm³/mol. The van der Waals surface area contributed by atoms with Gasteiger partial charge in [-0.3, -0.25) is 9.36 Å². The lowest BCUT2D eigenvalue weighted by molar-refractivity contribution is -0.870. The van der Waals surface area contributed by atoms with E-state index in [9.17, 15) is 19.4 Å². The number of phosphoric acid groups is 1. The predicted octanol–water partition coefficient (Wildman–Crippen LogP) is 16.6. The molecule has 0 fully saturated rings. The van der Waals surface area contributed by atoms with Crippen molar-refractivity contribution in [1.29, 1.82) is 0 Å². The number of carbonyl (C=O) groups excluding carboxylic acids is 1. The van der Waals surface area contributed by atoms with E-state index in [1.165, 1.54) is 148 Å². The van der Waals surface area contributed by atoms with E-state index in [1.807, 2.05) is 27.2 Å². The van der Waals surface area contributed by atoms with E-state index in [1.54, 1.807) is 6.08 Å². The minimum absolute atomic E-state index is 0.00781. The number of phosphoric ester groups is 1. The van der Waals surface area contributed by atoms with Gasteiger partial charge in [0.2, 0.25) is 5.91 Å². The van der Waals surface area contributed by atoms with Gasteiger partial charge in [-0.25, -0.2) is 0 Å². The lowest BCUT2D eigenvalue weighted by atomic mass is 10.0. The second kappa shape index (κ2) is 50.6. The fraction of sp³-hybridized carbons (Fsp3) is 0.750. The smallest absolute Gasteiger partial charge is 0.268 e. The highest BCUT2D eigenvalue weighted by atomic mass is 31.2. The number of carbonyl (C=O) groups is 1. The van der Waals surface area contributed by atoms with Crippen molar-refractivity contribution in [1.82, 2.24) is 5.32 Å². The number of nitrogens with one attached hydrogen (secondary N) is 1. The van der Waals surface area contributed by atoms with Crippen LogP contribution in [0.5, 0.6) is 0 Å². The van der Waals surface area contributed by atoms with Gasteiger partial charge < -0.3 is 28.8 Å². The molecule has 0 aromatic carbocycles. The molecule has 0 spiro atoms. The summed E-state index contributed by atoms with van der Waals surface area (Å²) in [5.74, 6) is -0.209. The number of likely N-dealkylation sites (N-methyl/N-ethyl adjacent to an activating group) is 1. The lowest BCUT2D eigenvalue weighted by Crippen LogP contribution is -2.45. The number of aliphatic hydroxyl groups is 1. The van der Waals surface area contributed by atoms with E-state index >= 15 is 0 Å². The fourth-order valence-corrected chi connectivity index (χ4v) is 8.62. The molecule has 0 aliphatic heterocycles. The van der Waals surface area contributed by atoms with E-state index in [2.05, 4.69) is 92.1 Å². The van der Waals surface area contributed by atoms with Crippen LogP contribution < -0.4 is 10.2 Å². The maximum Gasteiger partial charge on any atom is 0.268 e. The first-order valence-corrected chi connectivity index (χ1v) is 29.9. The summed E-state index contributed by atoms with van der Waals surface area (Å²) in [7, 11) is 1.24. The van der Waals surface area contributed by atoms with Crippen LogP contribution in [0.2, 0.25) is 0 Å². The van der Waals surface area contributed by atoms with Crippen LogP contribution >= 0.6 is 7.82 Å². The number of hydrogen-bond acceptors (Lipinski definition) is 6. The summed E-state index contributed by atoms with van der Waals surface area (Å²) in [4.78, 5) is 25.4. The molecule has 1 amide bonds. The normalized spacial score (nSPS) is 14.6. The number of amides is 1. The van der Waals surface area contributed by atoms with Crippen LogP contribution in [-0.2, 0) is 18.4 Å². The Labute approximate surface area is 426 Å². The minimum Gasteiger partial charge on any atom is -0.756 e. The van der Waals surface area contributed by atoms with Crippen molar-refractivity contribution < 1.29 is 32.9 Å². The maximum absolute atomic E-state index is 12.9. The molecule has 9 heteroatoms. The molecule has 0 bridgehead atoms. The van der Waals surface area contributed by atoms with Gasteiger partial charge in [0.25, 0.3) is 7.82 Å². The summed E-state index contributed by atoms with van der Waals surface area (Å²) >= 11 is 0. The van der Waals surface area contributed by atoms with Crippen molar-refractivity contribution >= 4 is 13.7 Å². The summed E-state index contributed by atoms with van der Waals surface area (Å²) in [6.45, 7) is 4.47. The number of hydrogen-bond donors (Lipinski definition) is 2. The van der Waals surface area contributed by atoms with Crippen LogP contribution in [0.4, 0.5) is 0 Å². The van der Waals surface area contributed by atoms with Crippen molar-refractivity contribution in [2.45, 2.75) is 251 Å². The molecule has 3 unspecified atom stereocenters. The van der Waals surface area contributed by atoms with E-state index < -0.39 is 26.6 Å². The highest BCUT2D eigenvalue weighted by Gasteiger charge is 2.23. The molecule has 400 valence electrons. The van der Waals surface area contributed by atoms with Gasteiger partial charge in [-0.15, -0.1) is 0 Å². The molecule has 0 saturated heterocycles. The topological polar surface area (TPSA) is 108 Å². The minimum atomic E-state index is -4.60. The van der Waals surface area contributed by atoms with E-state index in [0.29, 0.717) is 17.4 Å². The molecule has 8 nitrogen and oxygen atoms in total. The van der Waals surface area contributed by atoms with Crippen molar-refractivity contribution in [3.8, 4) is 0 Å². The number of aliphatic hydroxyl groups excluding tert-OH is 1. The summed E-state index contributed by atoms with van der Waals surface area (Å²) in [6, 6.07) is -0.903. The van der Waals surface area contributed by atoms with Crippen LogP contribution in [0.15, 0.2) is 85.1 Å². The average molecular weight is 986 g/mol. The Morgan fingerprint density at radius 2 is 0.899 bits per heavy atom. The van der Waals surface area contributed by atoms with Gasteiger partial charge >= 0.3 is 0 Å². The molecule has 0 aliphatic carbocycles. The third-order valence-corrected chi connectivity index (χ3v) is 13.3. The Balaban J connectivity index is 3.91. The largest absolute Gasteiger partial charge is 0.756 e. The molecule has 3 atom stereocenters. The SMILES string of the molecule is CC/C=C\C/C=C\C/C=C\C/C=C\C/C=C\CCCCCCCCCCCCCCCCCCCCCCCC(=O)NC(COP(=O)([O-])OCC[N+](C)(C)C)C(O)/C=C/CC/C=C/CCCCCC. The van der Waals surface area contributed by atoms with Gasteiger partial charge in [0.1, 0.15) is 13.2 Å². The van der Waals surface area contributed by atoms with E-state index in [-0.39, 0.29) is 12.5 Å². The van der Waals surface area contributed by atoms with Crippen LogP contribution in [0.1, 0.15) is 239 Å². The monoisotopic (exact) mass is 985 g/mol. The van der Waals surface area contributed by atoms with Crippen molar-refractivity contribution in [3.63, 3.8) is 0 Å². The third-order valence-electron chi connectivity index (χ3n) is 12.3. The summed E-state index contributed by atoms with van der Waals surface area (Å²) < 4.78 is 23.2. The summed E-state index contributed by atoms with van der Waals surface area (Å²) in [5.41, 5.74) is 0. The lowest BCUT2D eigenvalue weighted by Gasteiger charge is -2.29. The Hall–Kier alpha value is -2.32. The van der Waals surface area contributed by atoms with E-state index in [0.717, 1.165) is 70.6 Å².